The van der Waals surface area contributed by atoms with E-state index in [9.17, 15) is 0 Å². The average Bonchev–Trinajstić information content (AvgIpc) is 3.03. The maximum absolute atomic E-state index is 3.35. The molecule has 0 aromatic heterocycles. The van der Waals surface area contributed by atoms with Crippen LogP contribution in [-0.4, -0.2) is 37.6 Å². The second-order valence-electron chi connectivity index (χ2n) is 7.96. The Balaban J connectivity index is 1.59. The van der Waals surface area contributed by atoms with E-state index in [1.54, 1.807) is 5.57 Å². The van der Waals surface area contributed by atoms with Crippen LogP contribution in [0.1, 0.15) is 43.7 Å². The number of allylic oxidation sites excluding steroid dienone is 2. The molecular weight excluding hydrogens is 304 g/mol. The minimum absolute atomic E-state index is 0.683. The Morgan fingerprint density at radius 1 is 1.24 bits per heavy atom. The van der Waals surface area contributed by atoms with Crippen LogP contribution in [0.15, 0.2) is 47.6 Å². The largest absolute Gasteiger partial charge is 0.316 e. The van der Waals surface area contributed by atoms with E-state index in [0.717, 1.165) is 19.1 Å². The first-order valence-corrected chi connectivity index (χ1v) is 10.00. The van der Waals surface area contributed by atoms with Gasteiger partial charge in [-0.3, -0.25) is 4.90 Å². The van der Waals surface area contributed by atoms with E-state index in [1.807, 2.05) is 0 Å². The second kappa shape index (κ2) is 8.82. The highest BCUT2D eigenvalue weighted by Crippen LogP contribution is 2.28. The topological polar surface area (TPSA) is 15.3 Å². The molecule has 0 spiro atoms. The molecular formula is C23H34N2. The van der Waals surface area contributed by atoms with Gasteiger partial charge in [-0.15, -0.1) is 0 Å². The van der Waals surface area contributed by atoms with Crippen LogP contribution in [0.5, 0.6) is 0 Å². The van der Waals surface area contributed by atoms with Crippen molar-refractivity contribution in [3.63, 3.8) is 0 Å². The van der Waals surface area contributed by atoms with Crippen LogP contribution >= 0.6 is 0 Å². The number of hydrogen-bond acceptors (Lipinski definition) is 2. The Morgan fingerprint density at radius 3 is 2.92 bits per heavy atom. The van der Waals surface area contributed by atoms with Crippen molar-refractivity contribution in [3.8, 4) is 0 Å². The van der Waals surface area contributed by atoms with E-state index in [2.05, 4.69) is 67.5 Å². The van der Waals surface area contributed by atoms with Gasteiger partial charge < -0.3 is 5.32 Å². The average molecular weight is 339 g/mol. The third-order valence-electron chi connectivity index (χ3n) is 5.72. The summed E-state index contributed by atoms with van der Waals surface area (Å²) in [7, 11) is 2.05. The highest BCUT2D eigenvalue weighted by atomic mass is 15.2. The highest BCUT2D eigenvalue weighted by molar-refractivity contribution is 5.37. The van der Waals surface area contributed by atoms with E-state index in [4.69, 9.17) is 0 Å². The summed E-state index contributed by atoms with van der Waals surface area (Å²) in [6.07, 6.45) is 11.4. The number of benzene rings is 1. The van der Waals surface area contributed by atoms with Crippen LogP contribution in [-0.2, 0) is 6.42 Å². The maximum atomic E-state index is 3.35. The smallest absolute Gasteiger partial charge is 0.0236 e. The first kappa shape index (κ1) is 18.4. The Kier molecular flexibility index (Phi) is 6.50. The van der Waals surface area contributed by atoms with Crippen molar-refractivity contribution in [2.24, 2.45) is 5.92 Å². The summed E-state index contributed by atoms with van der Waals surface area (Å²) in [6.45, 7) is 7.91. The molecule has 0 saturated carbocycles. The van der Waals surface area contributed by atoms with Crippen LogP contribution in [0.4, 0.5) is 0 Å². The molecule has 1 aliphatic carbocycles. The molecule has 1 heterocycles. The Bertz CT molecular complexity index is 629. The van der Waals surface area contributed by atoms with Gasteiger partial charge in [0.25, 0.3) is 0 Å². The van der Waals surface area contributed by atoms with Gasteiger partial charge >= 0.3 is 0 Å². The number of likely N-dealkylation sites (tertiary alicyclic amines) is 1. The molecule has 0 bridgehead atoms. The van der Waals surface area contributed by atoms with Gasteiger partial charge in [0.2, 0.25) is 0 Å². The Labute approximate surface area is 154 Å². The third-order valence-corrected chi connectivity index (χ3v) is 5.72. The molecule has 1 fully saturated rings. The summed E-state index contributed by atoms with van der Waals surface area (Å²) in [6, 6.07) is 9.76. The summed E-state index contributed by atoms with van der Waals surface area (Å²) in [5.74, 6) is 0.683. The fraction of sp³-hybridized carbons (Fsp3) is 0.565. The van der Waals surface area contributed by atoms with Crippen molar-refractivity contribution in [3.05, 3.63) is 58.7 Å². The fourth-order valence-corrected chi connectivity index (χ4v) is 4.36. The second-order valence-corrected chi connectivity index (χ2v) is 7.96. The predicted octanol–water partition coefficient (Wildman–Crippen LogP) is 4.50. The van der Waals surface area contributed by atoms with E-state index in [1.165, 1.54) is 55.3 Å². The lowest BCUT2D eigenvalue weighted by molar-refractivity contribution is 0.263. The van der Waals surface area contributed by atoms with E-state index in [-0.39, 0.29) is 0 Å². The SMILES string of the molecule is CNCC1=CC(C)CC=C1CN1CCCC1CCc1cccc(C)c1. The molecule has 0 amide bonds. The molecule has 25 heavy (non-hydrogen) atoms. The zero-order valence-corrected chi connectivity index (χ0v) is 16.2. The molecule has 1 aromatic carbocycles. The van der Waals surface area contributed by atoms with Crippen LogP contribution in [0.3, 0.4) is 0 Å². The molecule has 2 aliphatic rings. The molecule has 136 valence electrons. The number of likely N-dealkylation sites (N-methyl/N-ethyl adjacent to an activating group) is 1. The normalized spacial score (nSPS) is 24.3. The first-order valence-electron chi connectivity index (χ1n) is 10.00. The molecule has 2 unspecified atom stereocenters. The van der Waals surface area contributed by atoms with Crippen molar-refractivity contribution in [1.29, 1.82) is 0 Å². The van der Waals surface area contributed by atoms with E-state index in [0.29, 0.717) is 5.92 Å². The van der Waals surface area contributed by atoms with Gasteiger partial charge in [-0.1, -0.05) is 48.9 Å². The first-order chi connectivity index (χ1) is 12.2. The maximum Gasteiger partial charge on any atom is 0.0236 e. The highest BCUT2D eigenvalue weighted by Gasteiger charge is 2.26. The standard InChI is InChI=1S/C23H34N2/c1-18-6-4-7-20(14-18)10-12-23-8-5-13-25(23)17-21-11-9-19(2)15-22(21)16-24-3/h4,6-7,11,14-15,19,23-24H,5,8-10,12-13,16-17H2,1-3H3. The van der Waals surface area contributed by atoms with Crippen LogP contribution in [0.25, 0.3) is 0 Å². The molecule has 1 aliphatic heterocycles. The monoisotopic (exact) mass is 338 g/mol. The van der Waals surface area contributed by atoms with E-state index >= 15 is 0 Å². The van der Waals surface area contributed by atoms with Gasteiger partial charge in [-0.05, 0) is 75.2 Å². The zero-order chi connectivity index (χ0) is 17.6. The molecule has 1 aromatic rings. The number of nitrogens with zero attached hydrogens (tertiary/aromatic N) is 1. The molecule has 1 N–H and O–H groups in total. The predicted molar refractivity (Wildman–Crippen MR) is 108 cm³/mol. The molecule has 2 nitrogen and oxygen atoms in total. The van der Waals surface area contributed by atoms with Gasteiger partial charge in [0.15, 0.2) is 0 Å². The summed E-state index contributed by atoms with van der Waals surface area (Å²) in [5.41, 5.74) is 5.96. The molecule has 0 radical (unpaired) electrons. The number of hydrogen-bond donors (Lipinski definition) is 1. The number of rotatable bonds is 7. The van der Waals surface area contributed by atoms with Crippen molar-refractivity contribution < 1.29 is 0 Å². The van der Waals surface area contributed by atoms with Crippen LogP contribution < -0.4 is 5.32 Å². The van der Waals surface area contributed by atoms with Crippen molar-refractivity contribution in [1.82, 2.24) is 10.2 Å². The Morgan fingerprint density at radius 2 is 2.12 bits per heavy atom. The van der Waals surface area contributed by atoms with Gasteiger partial charge in [0, 0.05) is 19.1 Å². The van der Waals surface area contributed by atoms with Crippen LogP contribution in [0.2, 0.25) is 0 Å². The molecule has 2 heteroatoms. The number of aryl methyl sites for hydroxylation is 2. The summed E-state index contributed by atoms with van der Waals surface area (Å²) < 4.78 is 0. The van der Waals surface area contributed by atoms with Gasteiger partial charge in [0.05, 0.1) is 0 Å². The van der Waals surface area contributed by atoms with E-state index < -0.39 is 0 Å². The quantitative estimate of drug-likeness (QED) is 0.787. The number of nitrogens with one attached hydrogen (secondary N) is 1. The van der Waals surface area contributed by atoms with Gasteiger partial charge in [-0.25, -0.2) is 0 Å². The summed E-state index contributed by atoms with van der Waals surface area (Å²) >= 11 is 0. The van der Waals surface area contributed by atoms with Crippen molar-refractivity contribution in [2.75, 3.05) is 26.7 Å². The summed E-state index contributed by atoms with van der Waals surface area (Å²) in [4.78, 5) is 2.74. The summed E-state index contributed by atoms with van der Waals surface area (Å²) in [5, 5.41) is 3.35. The van der Waals surface area contributed by atoms with Crippen LogP contribution in [0, 0.1) is 12.8 Å². The minimum Gasteiger partial charge on any atom is -0.316 e. The lowest BCUT2D eigenvalue weighted by Crippen LogP contribution is -2.33. The van der Waals surface area contributed by atoms with Gasteiger partial charge in [0.1, 0.15) is 0 Å². The molecule has 2 atom stereocenters. The fourth-order valence-electron chi connectivity index (χ4n) is 4.36. The lowest BCUT2D eigenvalue weighted by Gasteiger charge is -2.29. The van der Waals surface area contributed by atoms with Crippen molar-refractivity contribution >= 4 is 0 Å². The zero-order valence-electron chi connectivity index (χ0n) is 16.2. The molecule has 1 saturated heterocycles. The lowest BCUT2D eigenvalue weighted by atomic mass is 9.91. The minimum atomic E-state index is 0.683. The Hall–Kier alpha value is -1.38. The van der Waals surface area contributed by atoms with Crippen molar-refractivity contribution in [2.45, 2.75) is 52.0 Å². The van der Waals surface area contributed by atoms with Gasteiger partial charge in [-0.2, -0.15) is 0 Å². The molecule has 3 rings (SSSR count). The third kappa shape index (κ3) is 5.05.